The third-order valence-corrected chi connectivity index (χ3v) is 5.46. The number of hydrogen-bond donors (Lipinski definition) is 2. The Morgan fingerprint density at radius 1 is 1.13 bits per heavy atom. The van der Waals surface area contributed by atoms with Gasteiger partial charge in [0.2, 0.25) is 0 Å². The maximum absolute atomic E-state index is 8.31. The van der Waals surface area contributed by atoms with Gasteiger partial charge in [-0.3, -0.25) is 5.41 Å². The summed E-state index contributed by atoms with van der Waals surface area (Å²) in [6.45, 7) is 2.03. The Hall–Kier alpha value is -3.64. The second-order valence-corrected chi connectivity index (χ2v) is 7.42. The minimum atomic E-state index is -0.00905. The first-order chi connectivity index (χ1) is 15.0. The molecule has 0 bridgehead atoms. The lowest BCUT2D eigenvalue weighted by Gasteiger charge is -2.12. The highest BCUT2D eigenvalue weighted by molar-refractivity contribution is 6.70. The molecule has 2 aromatic carbocycles. The number of aromatic amines is 1. The third kappa shape index (κ3) is 3.90. The molecule has 2 N–H and O–H groups in total. The second kappa shape index (κ2) is 8.62. The van der Waals surface area contributed by atoms with Gasteiger partial charge in [0.05, 0.1) is 12.8 Å². The number of methoxy groups -OCH3 is 1. The Labute approximate surface area is 185 Å². The van der Waals surface area contributed by atoms with Crippen LogP contribution in [-0.2, 0) is 7.05 Å². The SMILES string of the molecule is COc1cccc(-c2c[nH]c(C(Cl)=NC(=N)c3nccn3C)c2-c2ccccc2)c1C. The van der Waals surface area contributed by atoms with E-state index in [2.05, 4.69) is 21.0 Å². The van der Waals surface area contributed by atoms with Gasteiger partial charge in [-0.25, -0.2) is 9.98 Å². The minimum absolute atomic E-state index is 0.00905. The van der Waals surface area contributed by atoms with Crippen molar-refractivity contribution in [3.05, 3.63) is 84.2 Å². The fourth-order valence-corrected chi connectivity index (χ4v) is 3.86. The summed E-state index contributed by atoms with van der Waals surface area (Å²) < 4.78 is 7.24. The first kappa shape index (κ1) is 20.6. The van der Waals surface area contributed by atoms with Crippen LogP contribution in [0.1, 0.15) is 17.1 Å². The van der Waals surface area contributed by atoms with Crippen molar-refractivity contribution in [2.24, 2.45) is 12.0 Å². The topological polar surface area (TPSA) is 79.1 Å². The zero-order chi connectivity index (χ0) is 22.0. The maximum atomic E-state index is 8.31. The molecule has 0 saturated heterocycles. The number of ether oxygens (including phenoxy) is 1. The van der Waals surface area contributed by atoms with Crippen LogP contribution in [0.15, 0.2) is 72.1 Å². The highest BCUT2D eigenvalue weighted by atomic mass is 35.5. The standard InChI is InChI=1S/C24H22ClN5O/c1-15-17(10-7-11-19(15)31-3)18-14-28-21(20(18)16-8-5-4-6-9-16)22(25)29-23(26)24-27-12-13-30(24)2/h4-14,26,28H,1-3H3. The number of halogens is 1. The molecule has 4 aromatic rings. The summed E-state index contributed by atoms with van der Waals surface area (Å²) in [6, 6.07) is 16.0. The average molecular weight is 432 g/mol. The number of rotatable bonds is 5. The summed E-state index contributed by atoms with van der Waals surface area (Å²) >= 11 is 6.64. The molecule has 31 heavy (non-hydrogen) atoms. The molecule has 2 aromatic heterocycles. The number of nitrogens with one attached hydrogen (secondary N) is 2. The molecule has 0 radical (unpaired) electrons. The first-order valence-electron chi connectivity index (χ1n) is 9.72. The van der Waals surface area contributed by atoms with E-state index in [0.29, 0.717) is 11.5 Å². The molecule has 0 unspecified atom stereocenters. The normalized spacial score (nSPS) is 11.5. The first-order valence-corrected chi connectivity index (χ1v) is 10.1. The molecule has 6 nitrogen and oxygen atoms in total. The summed E-state index contributed by atoms with van der Waals surface area (Å²) in [4.78, 5) is 11.8. The van der Waals surface area contributed by atoms with E-state index in [0.717, 1.165) is 33.6 Å². The fourth-order valence-electron chi connectivity index (χ4n) is 3.63. The number of imidazole rings is 1. The summed E-state index contributed by atoms with van der Waals surface area (Å²) in [5, 5.41) is 8.51. The molecular formula is C24H22ClN5O. The number of aryl methyl sites for hydroxylation is 1. The molecule has 0 aliphatic rings. The molecule has 156 valence electrons. The minimum Gasteiger partial charge on any atom is -0.496 e. The molecule has 0 fully saturated rings. The number of aliphatic imine (C=N–C) groups is 1. The fraction of sp³-hybridized carbons (Fsp3) is 0.125. The van der Waals surface area contributed by atoms with Crippen molar-refractivity contribution in [2.45, 2.75) is 6.92 Å². The molecule has 0 saturated carbocycles. The van der Waals surface area contributed by atoms with Crippen LogP contribution in [0.25, 0.3) is 22.3 Å². The molecule has 0 amide bonds. The third-order valence-electron chi connectivity index (χ3n) is 5.19. The van der Waals surface area contributed by atoms with Crippen molar-refractivity contribution < 1.29 is 4.74 Å². The van der Waals surface area contributed by atoms with Gasteiger partial charge >= 0.3 is 0 Å². The van der Waals surface area contributed by atoms with Gasteiger partial charge < -0.3 is 14.3 Å². The van der Waals surface area contributed by atoms with E-state index in [-0.39, 0.29) is 11.0 Å². The molecule has 0 aliphatic carbocycles. The predicted octanol–water partition coefficient (Wildman–Crippen LogP) is 5.41. The quantitative estimate of drug-likeness (QED) is 0.327. The van der Waals surface area contributed by atoms with Crippen LogP contribution >= 0.6 is 11.6 Å². The van der Waals surface area contributed by atoms with Crippen molar-refractivity contribution in [1.82, 2.24) is 14.5 Å². The van der Waals surface area contributed by atoms with E-state index in [1.165, 1.54) is 0 Å². The zero-order valence-corrected chi connectivity index (χ0v) is 18.2. The lowest BCUT2D eigenvalue weighted by molar-refractivity contribution is 0.412. The van der Waals surface area contributed by atoms with E-state index in [1.807, 2.05) is 62.6 Å². The average Bonchev–Trinajstić information content (AvgIpc) is 3.41. The van der Waals surface area contributed by atoms with Gasteiger partial charge in [-0.05, 0) is 29.7 Å². The lowest BCUT2D eigenvalue weighted by Crippen LogP contribution is -2.07. The van der Waals surface area contributed by atoms with Crippen molar-refractivity contribution in [3.8, 4) is 28.0 Å². The Bertz CT molecular complexity index is 1270. The molecular weight excluding hydrogens is 410 g/mol. The van der Waals surface area contributed by atoms with Crippen molar-refractivity contribution in [1.29, 1.82) is 5.41 Å². The summed E-state index contributed by atoms with van der Waals surface area (Å²) in [5.41, 5.74) is 5.59. The van der Waals surface area contributed by atoms with E-state index >= 15 is 0 Å². The summed E-state index contributed by atoms with van der Waals surface area (Å²) in [7, 11) is 3.48. The monoisotopic (exact) mass is 431 g/mol. The molecule has 0 aliphatic heterocycles. The van der Waals surface area contributed by atoms with Gasteiger partial charge in [0.1, 0.15) is 5.75 Å². The number of H-pyrrole nitrogens is 1. The highest BCUT2D eigenvalue weighted by Crippen LogP contribution is 2.39. The number of nitrogens with zero attached hydrogens (tertiary/aromatic N) is 3. The van der Waals surface area contributed by atoms with Crippen LogP contribution in [0.2, 0.25) is 0 Å². The highest BCUT2D eigenvalue weighted by Gasteiger charge is 2.20. The summed E-state index contributed by atoms with van der Waals surface area (Å²) in [6.07, 6.45) is 5.31. The van der Waals surface area contributed by atoms with E-state index in [9.17, 15) is 0 Å². The Balaban J connectivity index is 1.88. The van der Waals surface area contributed by atoms with Crippen LogP contribution in [0, 0.1) is 12.3 Å². The molecule has 0 spiro atoms. The van der Waals surface area contributed by atoms with Gasteiger partial charge in [-0.15, -0.1) is 0 Å². The molecule has 7 heteroatoms. The van der Waals surface area contributed by atoms with Crippen molar-refractivity contribution >= 4 is 22.6 Å². The van der Waals surface area contributed by atoms with E-state index in [1.54, 1.807) is 24.1 Å². The Morgan fingerprint density at radius 3 is 2.58 bits per heavy atom. The van der Waals surface area contributed by atoms with Gasteiger partial charge in [0, 0.05) is 36.8 Å². The number of aromatic nitrogens is 3. The number of hydrogen-bond acceptors (Lipinski definition) is 3. The van der Waals surface area contributed by atoms with Crippen LogP contribution in [0.4, 0.5) is 0 Å². The molecule has 4 rings (SSSR count). The molecule has 0 atom stereocenters. The van der Waals surface area contributed by atoms with Gasteiger partial charge in [-0.1, -0.05) is 54.1 Å². The van der Waals surface area contributed by atoms with Crippen LogP contribution in [0.3, 0.4) is 0 Å². The second-order valence-electron chi connectivity index (χ2n) is 7.06. The van der Waals surface area contributed by atoms with E-state index < -0.39 is 0 Å². The lowest BCUT2D eigenvalue weighted by atomic mass is 9.94. The Kier molecular flexibility index (Phi) is 5.73. The van der Waals surface area contributed by atoms with Crippen LogP contribution in [0.5, 0.6) is 5.75 Å². The van der Waals surface area contributed by atoms with Crippen molar-refractivity contribution in [3.63, 3.8) is 0 Å². The zero-order valence-electron chi connectivity index (χ0n) is 17.5. The number of benzene rings is 2. The molecule has 2 heterocycles. The predicted molar refractivity (Wildman–Crippen MR) is 125 cm³/mol. The van der Waals surface area contributed by atoms with Crippen LogP contribution < -0.4 is 4.74 Å². The van der Waals surface area contributed by atoms with Crippen LogP contribution in [-0.4, -0.2) is 32.7 Å². The van der Waals surface area contributed by atoms with Gasteiger partial charge in [-0.2, -0.15) is 0 Å². The largest absolute Gasteiger partial charge is 0.496 e. The van der Waals surface area contributed by atoms with E-state index in [4.69, 9.17) is 21.7 Å². The number of amidine groups is 1. The van der Waals surface area contributed by atoms with Gasteiger partial charge in [0.25, 0.3) is 0 Å². The summed E-state index contributed by atoms with van der Waals surface area (Å²) in [5.74, 6) is 1.25. The maximum Gasteiger partial charge on any atom is 0.189 e. The smallest absolute Gasteiger partial charge is 0.189 e. The van der Waals surface area contributed by atoms with Crippen molar-refractivity contribution in [2.75, 3.05) is 7.11 Å². The van der Waals surface area contributed by atoms with Gasteiger partial charge in [0.15, 0.2) is 16.8 Å². The Morgan fingerprint density at radius 2 is 1.90 bits per heavy atom.